The third-order valence-corrected chi connectivity index (χ3v) is 4.78. The molecule has 2 aromatic heterocycles. The van der Waals surface area contributed by atoms with E-state index < -0.39 is 17.3 Å². The number of pyridine rings is 1. The van der Waals surface area contributed by atoms with Crippen LogP contribution in [0, 0.1) is 17.1 Å². The Labute approximate surface area is 193 Å². The van der Waals surface area contributed by atoms with Crippen LogP contribution < -0.4 is 20.3 Å². The summed E-state index contributed by atoms with van der Waals surface area (Å²) < 4.78 is 26.1. The van der Waals surface area contributed by atoms with E-state index in [2.05, 4.69) is 10.3 Å². The lowest BCUT2D eigenvalue weighted by Crippen LogP contribution is -2.20. The van der Waals surface area contributed by atoms with Gasteiger partial charge in [0.25, 0.3) is 11.5 Å². The van der Waals surface area contributed by atoms with Gasteiger partial charge < -0.3 is 14.8 Å². The van der Waals surface area contributed by atoms with Crippen molar-refractivity contribution in [2.24, 2.45) is 0 Å². The Morgan fingerprint density at radius 2 is 1.85 bits per heavy atom. The average molecular weight is 456 g/mol. The van der Waals surface area contributed by atoms with Crippen molar-refractivity contribution in [3.05, 3.63) is 100 Å². The number of nitrogens with one attached hydrogen (secondary N) is 1. The zero-order chi connectivity index (χ0) is 24.1. The van der Waals surface area contributed by atoms with Crippen molar-refractivity contribution in [2.45, 2.75) is 0 Å². The Morgan fingerprint density at radius 1 is 1.12 bits per heavy atom. The molecule has 1 N–H and O–H groups in total. The van der Waals surface area contributed by atoms with E-state index in [-0.39, 0.29) is 28.4 Å². The number of amides is 1. The predicted octanol–water partition coefficient (Wildman–Crippen LogP) is 4.18. The molecule has 1 amide bonds. The van der Waals surface area contributed by atoms with Crippen LogP contribution in [0.5, 0.6) is 17.4 Å². The maximum absolute atomic E-state index is 14.2. The van der Waals surface area contributed by atoms with Crippen molar-refractivity contribution in [2.75, 3.05) is 12.4 Å². The molecule has 168 valence electrons. The number of aromatic nitrogens is 2. The van der Waals surface area contributed by atoms with E-state index in [9.17, 15) is 19.2 Å². The minimum absolute atomic E-state index is 0.162. The van der Waals surface area contributed by atoms with Crippen LogP contribution in [0.2, 0.25) is 0 Å². The first-order valence-electron chi connectivity index (χ1n) is 10.0. The van der Waals surface area contributed by atoms with Gasteiger partial charge in [0.2, 0.25) is 5.88 Å². The Balaban J connectivity index is 1.78. The highest BCUT2D eigenvalue weighted by Crippen LogP contribution is 2.26. The lowest BCUT2D eigenvalue weighted by Gasteiger charge is -2.11. The summed E-state index contributed by atoms with van der Waals surface area (Å²) in [6.45, 7) is 0. The number of carbonyl (C=O) groups is 1. The first-order chi connectivity index (χ1) is 16.5. The Hall–Kier alpha value is -4.97. The number of anilines is 1. The van der Waals surface area contributed by atoms with E-state index >= 15 is 0 Å². The van der Waals surface area contributed by atoms with Crippen LogP contribution in [0.4, 0.5) is 10.1 Å². The van der Waals surface area contributed by atoms with Gasteiger partial charge in [0.05, 0.1) is 7.11 Å². The van der Waals surface area contributed by atoms with Gasteiger partial charge in [-0.3, -0.25) is 14.0 Å². The fourth-order valence-corrected chi connectivity index (χ4v) is 3.08. The minimum Gasteiger partial charge on any atom is -0.497 e. The second-order valence-corrected chi connectivity index (χ2v) is 6.95. The summed E-state index contributed by atoms with van der Waals surface area (Å²) >= 11 is 0. The number of methoxy groups -OCH3 is 1. The van der Waals surface area contributed by atoms with Gasteiger partial charge in [-0.15, -0.1) is 0 Å². The molecule has 4 aromatic rings. The number of nitriles is 1. The molecule has 0 saturated heterocycles. The van der Waals surface area contributed by atoms with Crippen LogP contribution in [0.25, 0.3) is 11.7 Å². The molecule has 0 unspecified atom stereocenters. The maximum atomic E-state index is 14.2. The number of fused-ring (bicyclic) bond motifs is 1. The van der Waals surface area contributed by atoms with Crippen LogP contribution in [0.3, 0.4) is 0 Å². The molecule has 4 rings (SSSR count). The quantitative estimate of drug-likeness (QED) is 0.345. The summed E-state index contributed by atoms with van der Waals surface area (Å²) in [5.41, 5.74) is -0.486. The molecule has 0 aliphatic rings. The van der Waals surface area contributed by atoms with Crippen LogP contribution in [0.15, 0.2) is 83.3 Å². The molecule has 0 atom stereocenters. The number of ether oxygens (including phenoxy) is 2. The first kappa shape index (κ1) is 22.2. The van der Waals surface area contributed by atoms with Gasteiger partial charge in [0, 0.05) is 11.9 Å². The standard InChI is InChI=1S/C25H17FN4O4/c1-33-18-11-9-17(10-12-18)28-23(31)16(15-27)14-19-24(34-21-7-3-2-6-20(21)26)29-22-8-4-5-13-30(22)25(19)32/h2-14H,1H3,(H,28,31). The molecule has 8 nitrogen and oxygen atoms in total. The number of halogens is 1. The van der Waals surface area contributed by atoms with Crippen LogP contribution >= 0.6 is 0 Å². The van der Waals surface area contributed by atoms with Crippen molar-refractivity contribution in [1.82, 2.24) is 9.38 Å². The van der Waals surface area contributed by atoms with E-state index in [4.69, 9.17) is 9.47 Å². The molecule has 0 spiro atoms. The number of hydrogen-bond acceptors (Lipinski definition) is 6. The first-order valence-corrected chi connectivity index (χ1v) is 10.0. The van der Waals surface area contributed by atoms with Crippen LogP contribution in [0.1, 0.15) is 5.56 Å². The largest absolute Gasteiger partial charge is 0.497 e. The summed E-state index contributed by atoms with van der Waals surface area (Å²) in [6, 6.07) is 18.8. The molecule has 9 heteroatoms. The van der Waals surface area contributed by atoms with Crippen LogP contribution in [-0.2, 0) is 4.79 Å². The van der Waals surface area contributed by atoms with Gasteiger partial charge in [-0.05, 0) is 54.6 Å². The van der Waals surface area contributed by atoms with Crippen molar-refractivity contribution in [1.29, 1.82) is 5.26 Å². The van der Waals surface area contributed by atoms with E-state index in [1.54, 1.807) is 54.6 Å². The molecule has 0 bridgehead atoms. The van der Waals surface area contributed by atoms with Gasteiger partial charge in [-0.2, -0.15) is 10.2 Å². The highest BCUT2D eigenvalue weighted by atomic mass is 19.1. The molecule has 0 radical (unpaired) electrons. The normalized spacial score (nSPS) is 11.0. The molecule has 0 saturated carbocycles. The number of benzene rings is 2. The number of para-hydroxylation sites is 1. The fourth-order valence-electron chi connectivity index (χ4n) is 3.08. The van der Waals surface area contributed by atoms with E-state index in [0.717, 1.165) is 6.08 Å². The molecule has 2 heterocycles. The highest BCUT2D eigenvalue weighted by molar-refractivity contribution is 6.09. The third kappa shape index (κ3) is 4.61. The number of rotatable bonds is 6. The van der Waals surface area contributed by atoms with Crippen molar-refractivity contribution in [3.63, 3.8) is 0 Å². The Kier molecular flexibility index (Phi) is 6.32. The SMILES string of the molecule is COc1ccc(NC(=O)C(C#N)=Cc2c(Oc3ccccc3F)nc3ccccn3c2=O)cc1. The summed E-state index contributed by atoms with van der Waals surface area (Å²) in [6.07, 6.45) is 2.56. The van der Waals surface area contributed by atoms with Crippen molar-refractivity contribution < 1.29 is 18.7 Å². The number of carbonyl (C=O) groups excluding carboxylic acids is 1. The minimum atomic E-state index is -0.748. The summed E-state index contributed by atoms with van der Waals surface area (Å²) in [5, 5.41) is 12.2. The predicted molar refractivity (Wildman–Crippen MR) is 123 cm³/mol. The van der Waals surface area contributed by atoms with E-state index in [1.807, 2.05) is 0 Å². The number of nitrogens with zero attached hydrogens (tertiary/aromatic N) is 3. The molecular formula is C25H17FN4O4. The van der Waals surface area contributed by atoms with Gasteiger partial charge in [0.1, 0.15) is 28.6 Å². The van der Waals surface area contributed by atoms with Crippen molar-refractivity contribution >= 4 is 23.3 Å². The highest BCUT2D eigenvalue weighted by Gasteiger charge is 2.18. The molecule has 34 heavy (non-hydrogen) atoms. The number of hydrogen-bond donors (Lipinski definition) is 1. The van der Waals surface area contributed by atoms with Crippen molar-refractivity contribution in [3.8, 4) is 23.4 Å². The third-order valence-electron chi connectivity index (χ3n) is 4.78. The molecule has 2 aromatic carbocycles. The summed E-state index contributed by atoms with van der Waals surface area (Å²) in [7, 11) is 1.52. The van der Waals surface area contributed by atoms with Crippen LogP contribution in [-0.4, -0.2) is 22.4 Å². The Morgan fingerprint density at radius 3 is 2.56 bits per heavy atom. The Bertz CT molecular complexity index is 1500. The summed E-state index contributed by atoms with van der Waals surface area (Å²) in [5.74, 6) is -1.22. The second kappa shape index (κ2) is 9.67. The lowest BCUT2D eigenvalue weighted by molar-refractivity contribution is -0.112. The second-order valence-electron chi connectivity index (χ2n) is 6.95. The summed E-state index contributed by atoms with van der Waals surface area (Å²) in [4.78, 5) is 30.2. The van der Waals surface area contributed by atoms with E-state index in [0.29, 0.717) is 11.4 Å². The molecule has 0 aliphatic heterocycles. The molecule has 0 aliphatic carbocycles. The molecule has 0 fully saturated rings. The van der Waals surface area contributed by atoms with Gasteiger partial charge in [-0.1, -0.05) is 18.2 Å². The average Bonchev–Trinajstić information content (AvgIpc) is 2.86. The lowest BCUT2D eigenvalue weighted by atomic mass is 10.1. The van der Waals surface area contributed by atoms with Gasteiger partial charge >= 0.3 is 0 Å². The topological polar surface area (TPSA) is 106 Å². The zero-order valence-electron chi connectivity index (χ0n) is 17.9. The molecular weight excluding hydrogens is 439 g/mol. The fraction of sp³-hybridized carbons (Fsp3) is 0.0400. The monoisotopic (exact) mass is 456 g/mol. The smallest absolute Gasteiger partial charge is 0.269 e. The van der Waals surface area contributed by atoms with Gasteiger partial charge in [0.15, 0.2) is 11.6 Å². The zero-order valence-corrected chi connectivity index (χ0v) is 17.9. The van der Waals surface area contributed by atoms with Gasteiger partial charge in [-0.25, -0.2) is 4.39 Å². The maximum Gasteiger partial charge on any atom is 0.269 e. The van der Waals surface area contributed by atoms with E-state index in [1.165, 1.54) is 35.9 Å².